The average molecular weight is 372 g/mol. The molecule has 0 heterocycles. The third kappa shape index (κ3) is 2.22. The highest BCUT2D eigenvalue weighted by Crippen LogP contribution is 2.66. The molecule has 0 saturated heterocycles. The molecule has 4 aliphatic carbocycles. The smallest absolute Gasteiger partial charge is 0.190 e. The molecule has 3 N–H and O–H groups in total. The number of hydrogen-bond acceptors (Lipinski definition) is 5. The van der Waals surface area contributed by atoms with E-state index < -0.39 is 34.9 Å². The van der Waals surface area contributed by atoms with Crippen LogP contribution in [0.3, 0.4) is 0 Å². The standard InChI is InChI=1S/C22H28O5/c1-12-8-14-15-5-7-22(27,18(26)11-23)21(15,3)10-17(25)19(14)20(2)6-4-13(24)9-16(12)20/h4,6,8-9,14-15,17,19,23,25,27H,5,7,10-11H2,1-3H3/t14?,15?,17-,19?,20-,21-,22-/m0/s1. The van der Waals surface area contributed by atoms with Gasteiger partial charge in [0.15, 0.2) is 11.6 Å². The van der Waals surface area contributed by atoms with Gasteiger partial charge in [-0.2, -0.15) is 0 Å². The summed E-state index contributed by atoms with van der Waals surface area (Å²) in [4.78, 5) is 24.3. The molecule has 7 atom stereocenters. The SMILES string of the molecule is CC1=CC2C([C@@H](O)C[C@@]3(C)C2CC[C@]3(O)C(=O)CO)[C@@]2(C)C=CC(=O)C=C12. The Morgan fingerprint density at radius 2 is 2.04 bits per heavy atom. The molecule has 0 bridgehead atoms. The summed E-state index contributed by atoms with van der Waals surface area (Å²) in [7, 11) is 0. The molecule has 0 amide bonds. The summed E-state index contributed by atoms with van der Waals surface area (Å²) in [6.07, 6.45) is 7.87. The van der Waals surface area contributed by atoms with E-state index in [1.807, 2.05) is 19.9 Å². The van der Waals surface area contributed by atoms with E-state index in [4.69, 9.17) is 0 Å². The summed E-state index contributed by atoms with van der Waals surface area (Å²) in [5.41, 5.74) is -0.846. The Kier molecular flexibility index (Phi) is 3.98. The third-order valence-corrected chi connectivity index (χ3v) is 8.13. The van der Waals surface area contributed by atoms with Gasteiger partial charge in [-0.15, -0.1) is 0 Å². The van der Waals surface area contributed by atoms with Gasteiger partial charge >= 0.3 is 0 Å². The van der Waals surface area contributed by atoms with Crippen molar-refractivity contribution in [3.05, 3.63) is 35.5 Å². The Bertz CT molecular complexity index is 808. The Morgan fingerprint density at radius 1 is 1.33 bits per heavy atom. The van der Waals surface area contributed by atoms with Crippen LogP contribution in [0.15, 0.2) is 35.5 Å². The highest BCUT2D eigenvalue weighted by Gasteiger charge is 2.67. The van der Waals surface area contributed by atoms with Crippen LogP contribution in [0.1, 0.15) is 40.0 Å². The summed E-state index contributed by atoms with van der Waals surface area (Å²) in [6, 6.07) is 0. The number of rotatable bonds is 2. The van der Waals surface area contributed by atoms with Crippen molar-refractivity contribution < 1.29 is 24.9 Å². The van der Waals surface area contributed by atoms with E-state index in [9.17, 15) is 24.9 Å². The molecule has 5 heteroatoms. The zero-order valence-corrected chi connectivity index (χ0v) is 16.1. The Balaban J connectivity index is 1.84. The van der Waals surface area contributed by atoms with E-state index in [0.29, 0.717) is 19.3 Å². The van der Waals surface area contributed by atoms with Gasteiger partial charge in [-0.3, -0.25) is 9.59 Å². The molecule has 0 spiro atoms. The van der Waals surface area contributed by atoms with Gasteiger partial charge in [-0.1, -0.05) is 31.6 Å². The van der Waals surface area contributed by atoms with Crippen LogP contribution >= 0.6 is 0 Å². The normalized spacial score (nSPS) is 48.3. The number of carbonyl (C=O) groups excluding carboxylic acids is 2. The van der Waals surface area contributed by atoms with Gasteiger partial charge in [-0.05, 0) is 55.7 Å². The van der Waals surface area contributed by atoms with Crippen molar-refractivity contribution in [3.63, 3.8) is 0 Å². The minimum atomic E-state index is -1.60. The highest BCUT2D eigenvalue weighted by atomic mass is 16.3. The molecule has 0 aromatic rings. The summed E-state index contributed by atoms with van der Waals surface area (Å²) in [5.74, 6) is -0.663. The lowest BCUT2D eigenvalue weighted by Gasteiger charge is -2.58. The average Bonchev–Trinajstić information content (AvgIpc) is 2.87. The number of Topliss-reactive ketones (excluding diaryl/α,β-unsaturated/α-hetero) is 1. The van der Waals surface area contributed by atoms with Crippen LogP contribution in [0.25, 0.3) is 0 Å². The molecule has 0 aliphatic heterocycles. The molecule has 3 unspecified atom stereocenters. The van der Waals surface area contributed by atoms with E-state index in [1.165, 1.54) is 0 Å². The summed E-state index contributed by atoms with van der Waals surface area (Å²) in [6.45, 7) is 5.26. The van der Waals surface area contributed by atoms with Crippen molar-refractivity contribution in [1.29, 1.82) is 0 Å². The predicted molar refractivity (Wildman–Crippen MR) is 99.6 cm³/mol. The number of ketones is 2. The largest absolute Gasteiger partial charge is 0.393 e. The van der Waals surface area contributed by atoms with Crippen molar-refractivity contribution in [2.24, 2.45) is 28.6 Å². The lowest BCUT2D eigenvalue weighted by Crippen LogP contribution is -2.61. The third-order valence-electron chi connectivity index (χ3n) is 8.13. The molecule has 146 valence electrons. The molecule has 2 saturated carbocycles. The number of hydrogen-bond donors (Lipinski definition) is 3. The minimum Gasteiger partial charge on any atom is -0.393 e. The zero-order valence-electron chi connectivity index (χ0n) is 16.1. The maximum Gasteiger partial charge on any atom is 0.190 e. The highest BCUT2D eigenvalue weighted by molar-refractivity contribution is 6.02. The van der Waals surface area contributed by atoms with Crippen LogP contribution in [-0.4, -0.2) is 45.2 Å². The predicted octanol–water partition coefficient (Wildman–Crippen LogP) is 1.72. The van der Waals surface area contributed by atoms with Crippen molar-refractivity contribution in [3.8, 4) is 0 Å². The molecule has 2 fully saturated rings. The zero-order chi connectivity index (χ0) is 19.8. The van der Waals surface area contributed by atoms with Crippen molar-refractivity contribution in [2.45, 2.75) is 51.7 Å². The molecule has 0 radical (unpaired) electrons. The van der Waals surface area contributed by atoms with E-state index in [2.05, 4.69) is 13.0 Å². The number of aliphatic hydroxyl groups excluding tert-OH is 2. The van der Waals surface area contributed by atoms with Gasteiger partial charge in [0.25, 0.3) is 0 Å². The van der Waals surface area contributed by atoms with Gasteiger partial charge < -0.3 is 15.3 Å². The summed E-state index contributed by atoms with van der Waals surface area (Å²) >= 11 is 0. The fraction of sp³-hybridized carbons (Fsp3) is 0.636. The van der Waals surface area contributed by atoms with Crippen molar-refractivity contribution >= 4 is 11.6 Å². The quantitative estimate of drug-likeness (QED) is 0.686. The number of fused-ring (bicyclic) bond motifs is 5. The Labute approximate surface area is 159 Å². The monoisotopic (exact) mass is 372 g/mol. The van der Waals surface area contributed by atoms with Crippen molar-refractivity contribution in [1.82, 2.24) is 0 Å². The molecular formula is C22H28O5. The molecule has 4 aliphatic rings. The maximum atomic E-state index is 12.4. The lowest BCUT2D eigenvalue weighted by atomic mass is 9.47. The summed E-state index contributed by atoms with van der Waals surface area (Å²) < 4.78 is 0. The van der Waals surface area contributed by atoms with E-state index >= 15 is 0 Å². The van der Waals surface area contributed by atoms with Gasteiger partial charge in [0.1, 0.15) is 12.2 Å². The topological polar surface area (TPSA) is 94.8 Å². The number of aliphatic hydroxyl groups is 3. The molecule has 27 heavy (non-hydrogen) atoms. The van der Waals surface area contributed by atoms with E-state index in [1.54, 1.807) is 12.2 Å². The second-order valence-corrected chi connectivity index (χ2v) is 9.30. The van der Waals surface area contributed by atoms with Crippen molar-refractivity contribution in [2.75, 3.05) is 6.61 Å². The fourth-order valence-electron chi connectivity index (χ4n) is 6.79. The van der Waals surface area contributed by atoms with E-state index in [0.717, 1.165) is 11.1 Å². The van der Waals surface area contributed by atoms with Crippen LogP contribution in [0.2, 0.25) is 0 Å². The Hall–Kier alpha value is -1.56. The molecule has 0 aromatic carbocycles. The van der Waals surface area contributed by atoms with Crippen LogP contribution in [-0.2, 0) is 9.59 Å². The van der Waals surface area contributed by atoms with Gasteiger partial charge in [0.05, 0.1) is 6.10 Å². The molecular weight excluding hydrogens is 344 g/mol. The Morgan fingerprint density at radius 3 is 2.70 bits per heavy atom. The van der Waals surface area contributed by atoms with Crippen LogP contribution < -0.4 is 0 Å². The van der Waals surface area contributed by atoms with E-state index in [-0.39, 0.29) is 23.5 Å². The fourth-order valence-corrected chi connectivity index (χ4v) is 6.79. The number of allylic oxidation sites excluding steroid dienone is 6. The minimum absolute atomic E-state index is 0.000676. The van der Waals surface area contributed by atoms with Gasteiger partial charge in [-0.25, -0.2) is 0 Å². The number of carbonyl (C=O) groups is 2. The van der Waals surface area contributed by atoms with Crippen LogP contribution in [0.5, 0.6) is 0 Å². The summed E-state index contributed by atoms with van der Waals surface area (Å²) in [5, 5.41) is 31.8. The molecule has 5 nitrogen and oxygen atoms in total. The van der Waals surface area contributed by atoms with Crippen LogP contribution in [0, 0.1) is 28.6 Å². The van der Waals surface area contributed by atoms with Crippen LogP contribution in [0.4, 0.5) is 0 Å². The first-order valence-corrected chi connectivity index (χ1v) is 9.77. The first kappa shape index (κ1) is 18.8. The first-order chi connectivity index (χ1) is 12.6. The first-order valence-electron chi connectivity index (χ1n) is 9.77. The molecule has 0 aromatic heterocycles. The lowest BCUT2D eigenvalue weighted by molar-refractivity contribution is -0.172. The second-order valence-electron chi connectivity index (χ2n) is 9.30. The second kappa shape index (κ2) is 5.72. The van der Waals surface area contributed by atoms with Gasteiger partial charge in [0, 0.05) is 16.7 Å². The molecule has 4 rings (SSSR count). The maximum absolute atomic E-state index is 12.4. The van der Waals surface area contributed by atoms with Gasteiger partial charge in [0.2, 0.25) is 0 Å².